The zero-order valence-electron chi connectivity index (χ0n) is 13.4. The third-order valence-electron chi connectivity index (χ3n) is 2.94. The normalized spacial score (nSPS) is 13.5. The molecule has 0 aliphatic rings. The largest absolute Gasteiger partial charge is 0.497 e. The van der Waals surface area contributed by atoms with Crippen LogP contribution >= 0.6 is 11.8 Å². The van der Waals surface area contributed by atoms with Crippen molar-refractivity contribution in [1.82, 2.24) is 4.90 Å². The smallest absolute Gasteiger partial charge is 0.118 e. The van der Waals surface area contributed by atoms with Crippen LogP contribution in [0.15, 0.2) is 34.2 Å². The van der Waals surface area contributed by atoms with Gasteiger partial charge in [-0.3, -0.25) is 4.99 Å². The topological polar surface area (TPSA) is 24.8 Å². The average molecular weight is 294 g/mol. The third kappa shape index (κ3) is 5.87. The van der Waals surface area contributed by atoms with E-state index in [4.69, 9.17) is 9.73 Å². The molecule has 0 fully saturated rings. The summed E-state index contributed by atoms with van der Waals surface area (Å²) in [5, 5.41) is 0. The number of aliphatic imine (C=N–C) groups is 1. The van der Waals surface area contributed by atoms with Crippen molar-refractivity contribution in [3.8, 4) is 5.75 Å². The summed E-state index contributed by atoms with van der Waals surface area (Å²) in [5.74, 6) is 1.87. The van der Waals surface area contributed by atoms with Gasteiger partial charge in [0.2, 0.25) is 0 Å². The second-order valence-electron chi connectivity index (χ2n) is 6.10. The van der Waals surface area contributed by atoms with Gasteiger partial charge in [0.15, 0.2) is 0 Å². The first-order valence-electron chi connectivity index (χ1n) is 6.79. The minimum Gasteiger partial charge on any atom is -0.497 e. The van der Waals surface area contributed by atoms with E-state index >= 15 is 0 Å². The number of hydrogen-bond acceptors (Lipinski definition) is 3. The molecule has 0 unspecified atom stereocenters. The lowest BCUT2D eigenvalue weighted by atomic mass is 9.88. The molecule has 0 N–H and O–H groups in total. The van der Waals surface area contributed by atoms with Gasteiger partial charge in [-0.05, 0) is 29.7 Å². The lowest BCUT2D eigenvalue weighted by Crippen LogP contribution is -2.28. The number of nitrogens with zero attached hydrogens (tertiary/aromatic N) is 2. The van der Waals surface area contributed by atoms with Gasteiger partial charge in [0.1, 0.15) is 5.75 Å². The van der Waals surface area contributed by atoms with Gasteiger partial charge in [-0.2, -0.15) is 0 Å². The minimum atomic E-state index is 0.159. The van der Waals surface area contributed by atoms with Crippen LogP contribution < -0.4 is 4.74 Å². The molecule has 0 spiro atoms. The van der Waals surface area contributed by atoms with E-state index in [2.05, 4.69) is 32.9 Å². The maximum atomic E-state index is 5.18. The molecule has 112 valence electrons. The van der Waals surface area contributed by atoms with Crippen molar-refractivity contribution in [3.63, 3.8) is 0 Å². The molecule has 1 rings (SSSR count). The van der Waals surface area contributed by atoms with E-state index in [-0.39, 0.29) is 11.5 Å². The Labute approximate surface area is 127 Å². The number of rotatable bonds is 6. The maximum Gasteiger partial charge on any atom is 0.118 e. The van der Waals surface area contributed by atoms with Crippen molar-refractivity contribution in [3.05, 3.63) is 24.3 Å². The molecular formula is C16H26N2OS. The molecule has 1 aromatic carbocycles. The minimum absolute atomic E-state index is 0.159. The Bertz CT molecular complexity index is 421. The van der Waals surface area contributed by atoms with Crippen LogP contribution in [0.4, 0.5) is 0 Å². The third-order valence-corrected chi connectivity index (χ3v) is 4.03. The van der Waals surface area contributed by atoms with Gasteiger partial charge < -0.3 is 9.64 Å². The summed E-state index contributed by atoms with van der Waals surface area (Å²) in [6.45, 7) is 6.71. The van der Waals surface area contributed by atoms with Crippen molar-refractivity contribution in [2.24, 2.45) is 10.4 Å². The Balaban J connectivity index is 2.65. The molecule has 1 aromatic rings. The van der Waals surface area contributed by atoms with E-state index < -0.39 is 0 Å². The monoisotopic (exact) mass is 294 g/mol. The van der Waals surface area contributed by atoms with E-state index in [1.165, 1.54) is 4.90 Å². The summed E-state index contributed by atoms with van der Waals surface area (Å²) in [7, 11) is 5.69. The number of thioether (sulfide) groups is 1. The first kappa shape index (κ1) is 16.9. The molecule has 1 atom stereocenters. The molecule has 0 radical (unpaired) electrons. The van der Waals surface area contributed by atoms with Crippen LogP contribution in [0.2, 0.25) is 0 Å². The van der Waals surface area contributed by atoms with Crippen LogP contribution in [0.5, 0.6) is 5.75 Å². The van der Waals surface area contributed by atoms with Crippen molar-refractivity contribution in [2.45, 2.75) is 31.7 Å². The number of ether oxygens (including phenoxy) is 1. The SMILES string of the molecule is COc1ccc(SC[C@@H](N=CN(C)C)C(C)(C)C)cc1. The average Bonchev–Trinajstić information content (AvgIpc) is 2.37. The summed E-state index contributed by atoms with van der Waals surface area (Å²) in [4.78, 5) is 7.93. The summed E-state index contributed by atoms with van der Waals surface area (Å²) < 4.78 is 5.18. The Morgan fingerprint density at radius 1 is 1.25 bits per heavy atom. The lowest BCUT2D eigenvalue weighted by molar-refractivity contribution is 0.344. The first-order valence-corrected chi connectivity index (χ1v) is 7.78. The molecular weight excluding hydrogens is 268 g/mol. The predicted molar refractivity (Wildman–Crippen MR) is 89.1 cm³/mol. The summed E-state index contributed by atoms with van der Waals surface area (Å²) in [6, 6.07) is 8.48. The molecule has 0 saturated carbocycles. The molecule has 0 amide bonds. The Kier molecular flexibility index (Phi) is 6.40. The van der Waals surface area contributed by atoms with Gasteiger partial charge in [-0.15, -0.1) is 11.8 Å². The van der Waals surface area contributed by atoms with E-state index in [1.807, 2.05) is 49.2 Å². The van der Waals surface area contributed by atoms with Crippen molar-refractivity contribution in [1.29, 1.82) is 0 Å². The van der Waals surface area contributed by atoms with Crippen LogP contribution in [0.25, 0.3) is 0 Å². The van der Waals surface area contributed by atoms with Gasteiger partial charge >= 0.3 is 0 Å². The molecule has 4 heteroatoms. The van der Waals surface area contributed by atoms with Gasteiger partial charge in [0, 0.05) is 24.7 Å². The fourth-order valence-corrected chi connectivity index (χ4v) is 2.84. The lowest BCUT2D eigenvalue weighted by Gasteiger charge is -2.27. The summed E-state index contributed by atoms with van der Waals surface area (Å²) >= 11 is 1.84. The molecule has 0 heterocycles. The predicted octanol–water partition coefficient (Wildman–Crippen LogP) is 3.79. The van der Waals surface area contributed by atoms with Crippen LogP contribution in [0, 0.1) is 5.41 Å². The van der Waals surface area contributed by atoms with E-state index in [9.17, 15) is 0 Å². The molecule has 0 saturated heterocycles. The number of hydrogen-bond donors (Lipinski definition) is 0. The van der Waals surface area contributed by atoms with Crippen molar-refractivity contribution >= 4 is 18.1 Å². The van der Waals surface area contributed by atoms with Crippen molar-refractivity contribution in [2.75, 3.05) is 27.0 Å². The highest BCUT2D eigenvalue weighted by atomic mass is 32.2. The summed E-state index contributed by atoms with van der Waals surface area (Å²) in [6.07, 6.45) is 1.91. The van der Waals surface area contributed by atoms with Gasteiger partial charge in [-0.1, -0.05) is 20.8 Å². The van der Waals surface area contributed by atoms with Crippen LogP contribution in [-0.4, -0.2) is 44.2 Å². The van der Waals surface area contributed by atoms with Gasteiger partial charge in [0.25, 0.3) is 0 Å². The molecule has 20 heavy (non-hydrogen) atoms. The molecule has 0 aliphatic carbocycles. The van der Waals surface area contributed by atoms with Crippen molar-refractivity contribution < 1.29 is 4.74 Å². The Morgan fingerprint density at radius 2 is 1.85 bits per heavy atom. The van der Waals surface area contributed by atoms with E-state index in [0.717, 1.165) is 11.5 Å². The van der Waals surface area contributed by atoms with Crippen LogP contribution in [0.1, 0.15) is 20.8 Å². The highest BCUT2D eigenvalue weighted by molar-refractivity contribution is 7.99. The summed E-state index contributed by atoms with van der Waals surface area (Å²) in [5.41, 5.74) is 0.159. The maximum absolute atomic E-state index is 5.18. The second kappa shape index (κ2) is 7.58. The highest BCUT2D eigenvalue weighted by Gasteiger charge is 2.23. The molecule has 3 nitrogen and oxygen atoms in total. The van der Waals surface area contributed by atoms with E-state index in [1.54, 1.807) is 7.11 Å². The van der Waals surface area contributed by atoms with E-state index in [0.29, 0.717) is 0 Å². The zero-order valence-corrected chi connectivity index (χ0v) is 14.2. The molecule has 0 aromatic heterocycles. The fraction of sp³-hybridized carbons (Fsp3) is 0.562. The highest BCUT2D eigenvalue weighted by Crippen LogP contribution is 2.29. The first-order chi connectivity index (χ1) is 9.32. The number of methoxy groups -OCH3 is 1. The van der Waals surface area contributed by atoms with Gasteiger partial charge in [-0.25, -0.2) is 0 Å². The van der Waals surface area contributed by atoms with Crippen LogP contribution in [-0.2, 0) is 0 Å². The van der Waals surface area contributed by atoms with Gasteiger partial charge in [0.05, 0.1) is 19.5 Å². The number of benzene rings is 1. The second-order valence-corrected chi connectivity index (χ2v) is 7.19. The fourth-order valence-electron chi connectivity index (χ4n) is 1.58. The quantitative estimate of drug-likeness (QED) is 0.453. The molecule has 0 bridgehead atoms. The Morgan fingerprint density at radius 3 is 2.30 bits per heavy atom. The zero-order chi connectivity index (χ0) is 15.2. The van der Waals surface area contributed by atoms with Crippen LogP contribution in [0.3, 0.4) is 0 Å². The Hall–Kier alpha value is -1.16. The standard InChI is InChI=1S/C16H26N2OS/c1-16(2,3)15(17-12-18(4)5)11-20-14-9-7-13(19-6)8-10-14/h7-10,12,15H,11H2,1-6H3/t15-/m1/s1. The molecule has 0 aliphatic heterocycles.